The molecule has 0 radical (unpaired) electrons. The van der Waals surface area contributed by atoms with E-state index in [4.69, 9.17) is 16.0 Å². The molecule has 27 heavy (non-hydrogen) atoms. The summed E-state index contributed by atoms with van der Waals surface area (Å²) in [5.41, 5.74) is 3.49. The molecule has 2 heterocycles. The maximum atomic E-state index is 12.3. The van der Waals surface area contributed by atoms with E-state index in [0.717, 1.165) is 16.8 Å². The average Bonchev–Trinajstić information content (AvgIpc) is 3.20. The van der Waals surface area contributed by atoms with Crippen LogP contribution in [0.1, 0.15) is 18.2 Å². The van der Waals surface area contributed by atoms with E-state index in [1.165, 1.54) is 6.92 Å². The van der Waals surface area contributed by atoms with E-state index >= 15 is 0 Å². The first-order valence-electron chi connectivity index (χ1n) is 8.30. The minimum Gasteiger partial charge on any atom is -0.457 e. The van der Waals surface area contributed by atoms with Crippen molar-refractivity contribution in [1.82, 2.24) is 0 Å². The number of rotatable bonds is 3. The first-order valence-corrected chi connectivity index (χ1v) is 8.68. The van der Waals surface area contributed by atoms with Gasteiger partial charge in [-0.1, -0.05) is 23.7 Å². The lowest BCUT2D eigenvalue weighted by Gasteiger charge is -2.03. The van der Waals surface area contributed by atoms with Crippen molar-refractivity contribution in [2.45, 2.75) is 6.92 Å². The lowest BCUT2D eigenvalue weighted by atomic mass is 10.1. The Bertz CT molecular complexity index is 1100. The van der Waals surface area contributed by atoms with Crippen molar-refractivity contribution in [1.29, 1.82) is 0 Å². The molecule has 0 unspecified atom stereocenters. The molecule has 1 aliphatic heterocycles. The first kappa shape index (κ1) is 17.1. The molecule has 0 aliphatic carbocycles. The molecule has 1 aromatic heterocycles. The summed E-state index contributed by atoms with van der Waals surface area (Å²) in [5, 5.41) is 6.12. The quantitative estimate of drug-likeness (QED) is 0.626. The molecule has 3 aromatic rings. The number of amides is 2. The molecule has 6 heteroatoms. The lowest BCUT2D eigenvalue weighted by Crippen LogP contribution is -2.05. The molecule has 4 rings (SSSR count). The topological polar surface area (TPSA) is 71.3 Å². The van der Waals surface area contributed by atoms with E-state index in [1.807, 2.05) is 24.3 Å². The highest BCUT2D eigenvalue weighted by molar-refractivity contribution is 6.36. The Kier molecular flexibility index (Phi) is 4.30. The fraction of sp³-hybridized carbons (Fsp3) is 0.0476. The number of nitrogens with one attached hydrogen (secondary N) is 2. The zero-order valence-corrected chi connectivity index (χ0v) is 15.1. The van der Waals surface area contributed by atoms with Crippen LogP contribution in [0.4, 0.5) is 11.4 Å². The van der Waals surface area contributed by atoms with E-state index in [1.54, 1.807) is 36.4 Å². The predicted octanol–water partition coefficient (Wildman–Crippen LogP) is 5.05. The molecule has 0 atom stereocenters. The van der Waals surface area contributed by atoms with Gasteiger partial charge in [-0.25, -0.2) is 0 Å². The van der Waals surface area contributed by atoms with Gasteiger partial charge in [0.2, 0.25) is 5.91 Å². The highest BCUT2D eigenvalue weighted by Crippen LogP contribution is 2.35. The fourth-order valence-electron chi connectivity index (χ4n) is 2.98. The molecular formula is C21H15ClN2O3. The Morgan fingerprint density at radius 3 is 2.81 bits per heavy atom. The Hall–Kier alpha value is -3.31. The summed E-state index contributed by atoms with van der Waals surface area (Å²) >= 11 is 6.05. The van der Waals surface area contributed by atoms with E-state index in [-0.39, 0.29) is 11.8 Å². The second-order valence-electron chi connectivity index (χ2n) is 6.17. The zero-order chi connectivity index (χ0) is 19.0. The van der Waals surface area contributed by atoms with Gasteiger partial charge in [0.05, 0.1) is 5.57 Å². The number of anilines is 2. The van der Waals surface area contributed by atoms with E-state index < -0.39 is 0 Å². The van der Waals surface area contributed by atoms with Crippen LogP contribution in [0.15, 0.2) is 59.0 Å². The number of halogens is 1. The van der Waals surface area contributed by atoms with Crippen LogP contribution in [-0.4, -0.2) is 11.8 Å². The number of benzene rings is 2. The third-order valence-corrected chi connectivity index (χ3v) is 4.38. The SMILES string of the molecule is CC(=O)Nc1cccc(-c2ccc(C=C3C(=O)Nc4ccc(Cl)cc43)o2)c1. The summed E-state index contributed by atoms with van der Waals surface area (Å²) in [6.07, 6.45) is 1.69. The second-order valence-corrected chi connectivity index (χ2v) is 6.60. The number of carbonyl (C=O) groups is 2. The van der Waals surface area contributed by atoms with Crippen molar-refractivity contribution in [2.24, 2.45) is 0 Å². The van der Waals surface area contributed by atoms with Gasteiger partial charge in [0, 0.05) is 34.4 Å². The summed E-state index contributed by atoms with van der Waals surface area (Å²) in [7, 11) is 0. The number of furan rings is 1. The zero-order valence-electron chi connectivity index (χ0n) is 14.4. The molecule has 0 saturated carbocycles. The van der Waals surface area contributed by atoms with Gasteiger partial charge >= 0.3 is 0 Å². The van der Waals surface area contributed by atoms with Gasteiger partial charge in [0.25, 0.3) is 5.91 Å². The normalized spacial score (nSPS) is 14.1. The summed E-state index contributed by atoms with van der Waals surface area (Å²) in [5.74, 6) is 0.853. The fourth-order valence-corrected chi connectivity index (χ4v) is 3.16. The largest absolute Gasteiger partial charge is 0.457 e. The van der Waals surface area contributed by atoms with Crippen LogP contribution in [0.2, 0.25) is 5.02 Å². The second kappa shape index (κ2) is 6.78. The average molecular weight is 379 g/mol. The van der Waals surface area contributed by atoms with Gasteiger partial charge in [-0.3, -0.25) is 9.59 Å². The Balaban J connectivity index is 1.66. The van der Waals surface area contributed by atoms with Crippen LogP contribution in [0.3, 0.4) is 0 Å². The van der Waals surface area contributed by atoms with Gasteiger partial charge in [-0.2, -0.15) is 0 Å². The molecule has 0 spiro atoms. The first-order chi connectivity index (χ1) is 13.0. The van der Waals surface area contributed by atoms with Gasteiger partial charge in [-0.15, -0.1) is 0 Å². The number of hydrogen-bond donors (Lipinski definition) is 2. The highest BCUT2D eigenvalue weighted by Gasteiger charge is 2.24. The summed E-state index contributed by atoms with van der Waals surface area (Å²) in [6.45, 7) is 1.46. The third kappa shape index (κ3) is 3.50. The predicted molar refractivity (Wildman–Crippen MR) is 106 cm³/mol. The molecule has 1 aliphatic rings. The van der Waals surface area contributed by atoms with E-state index in [0.29, 0.717) is 27.8 Å². The van der Waals surface area contributed by atoms with Crippen molar-refractivity contribution in [2.75, 3.05) is 10.6 Å². The molecule has 2 N–H and O–H groups in total. The minimum absolute atomic E-state index is 0.137. The molecule has 134 valence electrons. The van der Waals surface area contributed by atoms with Gasteiger partial charge < -0.3 is 15.1 Å². The van der Waals surface area contributed by atoms with Crippen molar-refractivity contribution in [3.05, 3.63) is 70.9 Å². The Labute approximate surface area is 160 Å². The molecule has 0 fully saturated rings. The van der Waals surface area contributed by atoms with Gasteiger partial charge in [0.1, 0.15) is 11.5 Å². The third-order valence-electron chi connectivity index (χ3n) is 4.15. The van der Waals surface area contributed by atoms with Crippen LogP contribution in [0, 0.1) is 0 Å². The van der Waals surface area contributed by atoms with Crippen LogP contribution in [0.25, 0.3) is 23.0 Å². The molecule has 5 nitrogen and oxygen atoms in total. The van der Waals surface area contributed by atoms with Crippen LogP contribution < -0.4 is 10.6 Å². The number of hydrogen-bond acceptors (Lipinski definition) is 3. The summed E-state index contributed by atoms with van der Waals surface area (Å²) in [4.78, 5) is 23.5. The van der Waals surface area contributed by atoms with Gasteiger partial charge in [-0.05, 0) is 48.5 Å². The number of fused-ring (bicyclic) bond motifs is 1. The van der Waals surface area contributed by atoms with E-state index in [9.17, 15) is 9.59 Å². The Morgan fingerprint density at radius 2 is 2.00 bits per heavy atom. The Morgan fingerprint density at radius 1 is 1.15 bits per heavy atom. The molecular weight excluding hydrogens is 364 g/mol. The maximum absolute atomic E-state index is 12.3. The summed E-state index contributed by atoms with van der Waals surface area (Å²) in [6, 6.07) is 16.2. The molecule has 0 saturated heterocycles. The van der Waals surface area contributed by atoms with Crippen LogP contribution in [-0.2, 0) is 9.59 Å². The monoisotopic (exact) mass is 378 g/mol. The van der Waals surface area contributed by atoms with Crippen LogP contribution >= 0.6 is 11.6 Å². The molecule has 2 amide bonds. The van der Waals surface area contributed by atoms with E-state index in [2.05, 4.69) is 10.6 Å². The van der Waals surface area contributed by atoms with Crippen molar-refractivity contribution < 1.29 is 14.0 Å². The number of carbonyl (C=O) groups excluding carboxylic acids is 2. The highest BCUT2D eigenvalue weighted by atomic mass is 35.5. The summed E-state index contributed by atoms with van der Waals surface area (Å²) < 4.78 is 5.88. The molecule has 0 bridgehead atoms. The standard InChI is InChI=1S/C21H15ClN2O3/c1-12(25)23-15-4-2-3-13(9-15)20-8-6-16(27-20)11-18-17-10-14(22)5-7-19(17)24-21(18)26/h2-11H,1H3,(H,23,25)(H,24,26). The smallest absolute Gasteiger partial charge is 0.256 e. The van der Waals surface area contributed by atoms with Crippen molar-refractivity contribution >= 4 is 46.4 Å². The van der Waals surface area contributed by atoms with Gasteiger partial charge in [0.15, 0.2) is 0 Å². The van der Waals surface area contributed by atoms with Crippen molar-refractivity contribution in [3.8, 4) is 11.3 Å². The van der Waals surface area contributed by atoms with Crippen LogP contribution in [0.5, 0.6) is 0 Å². The lowest BCUT2D eigenvalue weighted by molar-refractivity contribution is -0.114. The minimum atomic E-state index is -0.196. The maximum Gasteiger partial charge on any atom is 0.256 e. The molecule has 2 aromatic carbocycles. The van der Waals surface area contributed by atoms with Crippen molar-refractivity contribution in [3.63, 3.8) is 0 Å².